The molecule has 5 nitrogen and oxygen atoms in total. The lowest BCUT2D eigenvalue weighted by Gasteiger charge is -2.06. The maximum Gasteiger partial charge on any atom is 0.222 e. The molecule has 0 aliphatic carbocycles. The molecule has 2 aromatic rings. The van der Waals surface area contributed by atoms with Gasteiger partial charge in [0.05, 0.1) is 18.7 Å². The normalized spacial score (nSPS) is 12.3. The van der Waals surface area contributed by atoms with Crippen molar-refractivity contribution >= 4 is 11.6 Å². The van der Waals surface area contributed by atoms with E-state index in [0.717, 1.165) is 11.1 Å². The van der Waals surface area contributed by atoms with Gasteiger partial charge in [0.2, 0.25) is 5.91 Å². The van der Waals surface area contributed by atoms with Gasteiger partial charge in [-0.1, -0.05) is 25.1 Å². The summed E-state index contributed by atoms with van der Waals surface area (Å²) in [5, 5.41) is 4.21. The maximum absolute atomic E-state index is 11.0. The van der Waals surface area contributed by atoms with Crippen molar-refractivity contribution in [1.82, 2.24) is 9.78 Å². The van der Waals surface area contributed by atoms with Crippen molar-refractivity contribution in [1.29, 1.82) is 0 Å². The number of carbonyl (C=O) groups is 1. The minimum absolute atomic E-state index is 0.245. The van der Waals surface area contributed by atoms with Crippen LogP contribution < -0.4 is 11.5 Å². The largest absolute Gasteiger partial charge is 0.398 e. The summed E-state index contributed by atoms with van der Waals surface area (Å²) in [6, 6.07) is 7.60. The molecule has 1 aromatic heterocycles. The van der Waals surface area contributed by atoms with Gasteiger partial charge in [0.15, 0.2) is 0 Å². The molecule has 1 amide bonds. The van der Waals surface area contributed by atoms with Crippen molar-refractivity contribution in [2.24, 2.45) is 11.7 Å². The van der Waals surface area contributed by atoms with Crippen LogP contribution >= 0.6 is 0 Å². The highest BCUT2D eigenvalue weighted by molar-refractivity contribution is 5.76. The average Bonchev–Trinajstić information content (AvgIpc) is 2.77. The molecule has 0 saturated carbocycles. The predicted octanol–water partition coefficient (Wildman–Crippen LogP) is 1.25. The third-order valence-corrected chi connectivity index (χ3v) is 2.85. The molecule has 5 heteroatoms. The minimum atomic E-state index is -0.328. The molecule has 0 aliphatic rings. The fraction of sp³-hybridized carbons (Fsp3) is 0.231. The Labute approximate surface area is 105 Å². The molecule has 94 valence electrons. The Balaban J connectivity index is 2.21. The summed E-state index contributed by atoms with van der Waals surface area (Å²) in [5.41, 5.74) is 13.7. The first-order valence-corrected chi connectivity index (χ1v) is 5.74. The lowest BCUT2D eigenvalue weighted by molar-refractivity contribution is -0.121. The van der Waals surface area contributed by atoms with E-state index < -0.39 is 0 Å². The Morgan fingerprint density at radius 2 is 2.17 bits per heavy atom. The summed E-state index contributed by atoms with van der Waals surface area (Å²) in [4.78, 5) is 11.0. The van der Waals surface area contributed by atoms with E-state index in [-0.39, 0.29) is 11.8 Å². The molecule has 0 radical (unpaired) electrons. The lowest BCUT2D eigenvalue weighted by Crippen LogP contribution is -2.24. The Morgan fingerprint density at radius 3 is 2.83 bits per heavy atom. The van der Waals surface area contributed by atoms with Crippen LogP contribution in [0.5, 0.6) is 0 Å². The smallest absolute Gasteiger partial charge is 0.222 e. The van der Waals surface area contributed by atoms with Gasteiger partial charge in [-0.25, -0.2) is 0 Å². The van der Waals surface area contributed by atoms with Crippen LogP contribution in [0, 0.1) is 5.92 Å². The highest BCUT2D eigenvalue weighted by atomic mass is 16.1. The molecule has 0 aliphatic heterocycles. The van der Waals surface area contributed by atoms with Gasteiger partial charge in [0.1, 0.15) is 0 Å². The summed E-state index contributed by atoms with van der Waals surface area (Å²) < 4.78 is 1.71. The van der Waals surface area contributed by atoms with Crippen LogP contribution in [0.2, 0.25) is 0 Å². The Kier molecular flexibility index (Phi) is 3.32. The second-order valence-corrected chi connectivity index (χ2v) is 4.34. The zero-order chi connectivity index (χ0) is 13.1. The van der Waals surface area contributed by atoms with E-state index >= 15 is 0 Å². The molecule has 2 rings (SSSR count). The number of amides is 1. The van der Waals surface area contributed by atoms with Gasteiger partial charge in [0.25, 0.3) is 0 Å². The van der Waals surface area contributed by atoms with E-state index in [4.69, 9.17) is 11.5 Å². The van der Waals surface area contributed by atoms with Gasteiger partial charge in [-0.3, -0.25) is 9.48 Å². The molecule has 0 saturated heterocycles. The van der Waals surface area contributed by atoms with Crippen LogP contribution in [0.1, 0.15) is 6.92 Å². The Morgan fingerprint density at radius 1 is 1.44 bits per heavy atom. The predicted molar refractivity (Wildman–Crippen MR) is 70.4 cm³/mol. The van der Waals surface area contributed by atoms with E-state index in [9.17, 15) is 4.79 Å². The molecule has 1 atom stereocenters. The van der Waals surface area contributed by atoms with Crippen molar-refractivity contribution in [2.75, 3.05) is 5.73 Å². The number of rotatable bonds is 4. The number of primary amides is 1. The van der Waals surface area contributed by atoms with Crippen molar-refractivity contribution in [2.45, 2.75) is 13.5 Å². The highest BCUT2D eigenvalue weighted by Gasteiger charge is 2.11. The first-order valence-electron chi connectivity index (χ1n) is 5.74. The third kappa shape index (κ3) is 2.51. The van der Waals surface area contributed by atoms with Crippen LogP contribution in [0.4, 0.5) is 5.69 Å². The van der Waals surface area contributed by atoms with Gasteiger partial charge in [-0.2, -0.15) is 5.10 Å². The summed E-state index contributed by atoms with van der Waals surface area (Å²) in [6.45, 7) is 2.25. The monoisotopic (exact) mass is 244 g/mol. The quantitative estimate of drug-likeness (QED) is 0.793. The molecule has 18 heavy (non-hydrogen) atoms. The van der Waals surface area contributed by atoms with Crippen LogP contribution in [-0.4, -0.2) is 15.7 Å². The standard InChI is InChI=1S/C13H16N4O/c1-9(13(15)18)7-17-8-10(6-16-17)11-4-2-3-5-12(11)14/h2-6,8-9H,7,14H2,1H3,(H2,15,18). The Bertz CT molecular complexity index is 562. The number of benzene rings is 1. The highest BCUT2D eigenvalue weighted by Crippen LogP contribution is 2.24. The van der Waals surface area contributed by atoms with E-state index in [1.54, 1.807) is 17.8 Å². The van der Waals surface area contributed by atoms with Crippen LogP contribution in [-0.2, 0) is 11.3 Å². The lowest BCUT2D eigenvalue weighted by atomic mass is 10.1. The second-order valence-electron chi connectivity index (χ2n) is 4.34. The fourth-order valence-corrected chi connectivity index (χ4v) is 1.73. The number of nitrogens with two attached hydrogens (primary N) is 2. The van der Waals surface area contributed by atoms with Crippen LogP contribution in [0.15, 0.2) is 36.7 Å². The van der Waals surface area contributed by atoms with E-state index in [1.165, 1.54) is 0 Å². The molecular weight excluding hydrogens is 228 g/mol. The van der Waals surface area contributed by atoms with Crippen molar-refractivity contribution < 1.29 is 4.79 Å². The first kappa shape index (κ1) is 12.2. The van der Waals surface area contributed by atoms with Crippen molar-refractivity contribution in [3.05, 3.63) is 36.7 Å². The van der Waals surface area contributed by atoms with E-state index in [2.05, 4.69) is 5.10 Å². The molecule has 1 unspecified atom stereocenters. The summed E-state index contributed by atoms with van der Waals surface area (Å²) in [5.74, 6) is -0.572. The molecule has 4 N–H and O–H groups in total. The van der Waals surface area contributed by atoms with Gasteiger partial charge in [0, 0.05) is 23.0 Å². The maximum atomic E-state index is 11.0. The number of para-hydroxylation sites is 1. The number of carbonyl (C=O) groups excluding carboxylic acids is 1. The zero-order valence-corrected chi connectivity index (χ0v) is 10.2. The van der Waals surface area contributed by atoms with E-state index in [1.807, 2.05) is 30.5 Å². The number of nitrogen functional groups attached to an aromatic ring is 1. The SMILES string of the molecule is CC(Cn1cc(-c2ccccc2N)cn1)C(N)=O. The zero-order valence-electron chi connectivity index (χ0n) is 10.2. The number of hydrogen-bond donors (Lipinski definition) is 2. The second kappa shape index (κ2) is 4.91. The fourth-order valence-electron chi connectivity index (χ4n) is 1.73. The van der Waals surface area contributed by atoms with Gasteiger partial charge >= 0.3 is 0 Å². The number of aromatic nitrogens is 2. The summed E-state index contributed by atoms with van der Waals surface area (Å²) >= 11 is 0. The summed E-state index contributed by atoms with van der Waals surface area (Å²) in [6.07, 6.45) is 3.60. The van der Waals surface area contributed by atoms with Crippen molar-refractivity contribution in [3.63, 3.8) is 0 Å². The number of nitrogens with zero attached hydrogens (tertiary/aromatic N) is 2. The molecule has 0 spiro atoms. The van der Waals surface area contributed by atoms with E-state index in [0.29, 0.717) is 12.2 Å². The van der Waals surface area contributed by atoms with Gasteiger partial charge in [-0.05, 0) is 6.07 Å². The molecular formula is C13H16N4O. The van der Waals surface area contributed by atoms with Crippen LogP contribution in [0.3, 0.4) is 0 Å². The van der Waals surface area contributed by atoms with Crippen molar-refractivity contribution in [3.8, 4) is 11.1 Å². The molecule has 0 fully saturated rings. The molecule has 0 bridgehead atoms. The minimum Gasteiger partial charge on any atom is -0.398 e. The van der Waals surface area contributed by atoms with Gasteiger partial charge in [-0.15, -0.1) is 0 Å². The average molecular weight is 244 g/mol. The van der Waals surface area contributed by atoms with Gasteiger partial charge < -0.3 is 11.5 Å². The Hall–Kier alpha value is -2.30. The summed E-state index contributed by atoms with van der Waals surface area (Å²) in [7, 11) is 0. The number of anilines is 1. The molecule has 1 aromatic carbocycles. The molecule has 1 heterocycles. The third-order valence-electron chi connectivity index (χ3n) is 2.85. The number of hydrogen-bond acceptors (Lipinski definition) is 3. The first-order chi connectivity index (χ1) is 8.58. The van der Waals surface area contributed by atoms with Crippen LogP contribution in [0.25, 0.3) is 11.1 Å². The topological polar surface area (TPSA) is 86.9 Å².